The van der Waals surface area contributed by atoms with E-state index in [0.717, 1.165) is 15.9 Å². The molecule has 0 atom stereocenters. The summed E-state index contributed by atoms with van der Waals surface area (Å²) in [6.45, 7) is 4.54. The van der Waals surface area contributed by atoms with Crippen LogP contribution >= 0.6 is 15.9 Å². The second kappa shape index (κ2) is 5.27. The lowest BCUT2D eigenvalue weighted by Gasteiger charge is -2.07. The van der Waals surface area contributed by atoms with Crippen LogP contribution < -0.4 is 5.32 Å². The highest BCUT2D eigenvalue weighted by atomic mass is 79.9. The monoisotopic (exact) mass is 296 g/mol. The molecule has 0 spiro atoms. The summed E-state index contributed by atoms with van der Waals surface area (Å²) in [7, 11) is 0. The molecule has 0 saturated heterocycles. The molecule has 0 aliphatic rings. The van der Waals surface area contributed by atoms with E-state index in [2.05, 4.69) is 36.4 Å². The summed E-state index contributed by atoms with van der Waals surface area (Å²) in [5, 5.41) is 6.96. The second-order valence-electron chi connectivity index (χ2n) is 3.70. The van der Waals surface area contributed by atoms with Crippen molar-refractivity contribution >= 4 is 21.7 Å². The third-order valence-corrected chi connectivity index (χ3v) is 3.28. The van der Waals surface area contributed by atoms with E-state index in [-0.39, 0.29) is 0 Å². The first kappa shape index (κ1) is 12.0. The lowest BCUT2D eigenvalue weighted by atomic mass is 10.3. The fraction of sp³-hybridized carbons (Fsp3) is 0.364. The minimum atomic E-state index is 0.638. The highest BCUT2D eigenvalue weighted by Crippen LogP contribution is 2.22. The van der Waals surface area contributed by atoms with Crippen molar-refractivity contribution in [3.63, 3.8) is 0 Å². The van der Waals surface area contributed by atoms with E-state index in [1.54, 1.807) is 13.1 Å². The van der Waals surface area contributed by atoms with Crippen LogP contribution in [0.25, 0.3) is 0 Å². The molecule has 5 nitrogen and oxygen atoms in total. The fourth-order valence-corrected chi connectivity index (χ4v) is 1.77. The molecule has 0 saturated carbocycles. The molecular weight excluding hydrogens is 284 g/mol. The van der Waals surface area contributed by atoms with Crippen molar-refractivity contribution in [1.82, 2.24) is 15.1 Å². The van der Waals surface area contributed by atoms with E-state index in [1.165, 1.54) is 0 Å². The summed E-state index contributed by atoms with van der Waals surface area (Å²) >= 11 is 3.49. The Morgan fingerprint density at radius 1 is 1.41 bits per heavy atom. The van der Waals surface area contributed by atoms with Gasteiger partial charge >= 0.3 is 0 Å². The Morgan fingerprint density at radius 2 is 2.24 bits per heavy atom. The smallest absolute Gasteiger partial charge is 0.228 e. The molecule has 0 aliphatic heterocycles. The number of aryl methyl sites for hydroxylation is 2. The van der Waals surface area contributed by atoms with E-state index in [4.69, 9.17) is 4.52 Å². The number of anilines is 1. The Hall–Kier alpha value is -1.43. The number of nitrogens with zero attached hydrogens (tertiary/aromatic N) is 3. The van der Waals surface area contributed by atoms with Crippen molar-refractivity contribution in [2.45, 2.75) is 20.3 Å². The van der Waals surface area contributed by atoms with Gasteiger partial charge in [0.25, 0.3) is 0 Å². The topological polar surface area (TPSA) is 63.8 Å². The lowest BCUT2D eigenvalue weighted by molar-refractivity contribution is 0.377. The number of rotatable bonds is 4. The number of aromatic nitrogens is 3. The molecular formula is C11H13BrN4O. The van der Waals surface area contributed by atoms with Crippen LogP contribution in [0.3, 0.4) is 0 Å². The molecule has 17 heavy (non-hydrogen) atoms. The number of halogens is 1. The molecule has 2 aromatic rings. The first-order chi connectivity index (χ1) is 8.16. The van der Waals surface area contributed by atoms with E-state index < -0.39 is 0 Å². The van der Waals surface area contributed by atoms with Crippen LogP contribution in [0.1, 0.15) is 17.3 Å². The van der Waals surface area contributed by atoms with Gasteiger partial charge in [0.15, 0.2) is 5.82 Å². The summed E-state index contributed by atoms with van der Waals surface area (Å²) in [5.74, 6) is 2.13. The van der Waals surface area contributed by atoms with Crippen LogP contribution in [-0.2, 0) is 6.42 Å². The zero-order valence-electron chi connectivity index (χ0n) is 9.70. The average molecular weight is 297 g/mol. The SMILES string of the molecule is Cc1noc(CCNc2nccc(C)c2Br)n1. The minimum absolute atomic E-state index is 0.638. The molecule has 90 valence electrons. The molecule has 0 amide bonds. The standard InChI is InChI=1S/C11H13BrN4O/c1-7-3-5-13-11(10(7)12)14-6-4-9-15-8(2)16-17-9/h3,5H,4,6H2,1-2H3,(H,13,14). The maximum atomic E-state index is 5.02. The van der Waals surface area contributed by atoms with Crippen molar-refractivity contribution < 1.29 is 4.52 Å². The van der Waals surface area contributed by atoms with Gasteiger partial charge in [0.2, 0.25) is 5.89 Å². The van der Waals surface area contributed by atoms with E-state index in [9.17, 15) is 0 Å². The predicted molar refractivity (Wildman–Crippen MR) is 67.9 cm³/mol. The molecule has 2 rings (SSSR count). The molecule has 0 fully saturated rings. The summed E-state index contributed by atoms with van der Waals surface area (Å²) in [6, 6.07) is 1.95. The van der Waals surface area contributed by atoms with Crippen molar-refractivity contribution in [3.05, 3.63) is 34.0 Å². The van der Waals surface area contributed by atoms with Crippen LogP contribution in [-0.4, -0.2) is 21.7 Å². The molecule has 0 aliphatic carbocycles. The zero-order valence-corrected chi connectivity index (χ0v) is 11.3. The average Bonchev–Trinajstić information content (AvgIpc) is 2.70. The van der Waals surface area contributed by atoms with Crippen molar-refractivity contribution in [2.24, 2.45) is 0 Å². The molecule has 2 aromatic heterocycles. The van der Waals surface area contributed by atoms with Crippen molar-refractivity contribution in [1.29, 1.82) is 0 Å². The number of hydrogen-bond donors (Lipinski definition) is 1. The van der Waals surface area contributed by atoms with Gasteiger partial charge in [0.05, 0.1) is 4.47 Å². The fourth-order valence-electron chi connectivity index (χ4n) is 1.39. The third-order valence-electron chi connectivity index (χ3n) is 2.28. The third kappa shape index (κ3) is 3.03. The van der Waals surface area contributed by atoms with Crippen LogP contribution in [0.2, 0.25) is 0 Å². The maximum Gasteiger partial charge on any atom is 0.228 e. The minimum Gasteiger partial charge on any atom is -0.369 e. The van der Waals surface area contributed by atoms with Gasteiger partial charge in [-0.05, 0) is 41.4 Å². The van der Waals surface area contributed by atoms with Crippen LogP contribution in [0, 0.1) is 13.8 Å². The summed E-state index contributed by atoms with van der Waals surface area (Å²) < 4.78 is 6.01. The summed E-state index contributed by atoms with van der Waals surface area (Å²) in [5.41, 5.74) is 1.15. The van der Waals surface area contributed by atoms with E-state index in [1.807, 2.05) is 13.0 Å². The maximum absolute atomic E-state index is 5.02. The second-order valence-corrected chi connectivity index (χ2v) is 4.50. The Balaban J connectivity index is 1.92. The van der Waals surface area contributed by atoms with Gasteiger partial charge in [-0.3, -0.25) is 0 Å². The van der Waals surface area contributed by atoms with E-state index in [0.29, 0.717) is 24.7 Å². The first-order valence-corrected chi connectivity index (χ1v) is 6.10. The number of nitrogens with one attached hydrogen (secondary N) is 1. The van der Waals surface area contributed by atoms with Crippen LogP contribution in [0.15, 0.2) is 21.3 Å². The van der Waals surface area contributed by atoms with Crippen molar-refractivity contribution in [3.8, 4) is 0 Å². The molecule has 0 unspecified atom stereocenters. The molecule has 1 N–H and O–H groups in total. The Labute approximate surface area is 108 Å². The number of hydrogen-bond acceptors (Lipinski definition) is 5. The highest BCUT2D eigenvalue weighted by Gasteiger charge is 2.05. The van der Waals surface area contributed by atoms with Gasteiger partial charge in [0, 0.05) is 19.2 Å². The van der Waals surface area contributed by atoms with Gasteiger partial charge in [-0.1, -0.05) is 5.16 Å². The normalized spacial score (nSPS) is 10.5. The highest BCUT2D eigenvalue weighted by molar-refractivity contribution is 9.10. The summed E-state index contributed by atoms with van der Waals surface area (Å²) in [6.07, 6.45) is 2.46. The zero-order chi connectivity index (χ0) is 12.3. The molecule has 0 bridgehead atoms. The van der Waals surface area contributed by atoms with Gasteiger partial charge in [-0.25, -0.2) is 4.98 Å². The van der Waals surface area contributed by atoms with Crippen LogP contribution in [0.5, 0.6) is 0 Å². The van der Waals surface area contributed by atoms with Crippen LogP contribution in [0.4, 0.5) is 5.82 Å². The Morgan fingerprint density at radius 3 is 2.94 bits per heavy atom. The van der Waals surface area contributed by atoms with Gasteiger partial charge in [0.1, 0.15) is 5.82 Å². The molecule has 0 radical (unpaired) electrons. The van der Waals surface area contributed by atoms with Gasteiger partial charge < -0.3 is 9.84 Å². The Bertz CT molecular complexity index is 512. The molecule has 0 aromatic carbocycles. The molecule has 2 heterocycles. The van der Waals surface area contributed by atoms with Gasteiger partial charge in [-0.15, -0.1) is 0 Å². The Kier molecular flexibility index (Phi) is 3.73. The molecule has 6 heteroatoms. The van der Waals surface area contributed by atoms with Gasteiger partial charge in [-0.2, -0.15) is 4.98 Å². The lowest BCUT2D eigenvalue weighted by Crippen LogP contribution is -2.07. The first-order valence-electron chi connectivity index (χ1n) is 5.31. The van der Waals surface area contributed by atoms with Crippen molar-refractivity contribution in [2.75, 3.05) is 11.9 Å². The summed E-state index contributed by atoms with van der Waals surface area (Å²) in [4.78, 5) is 8.38. The quantitative estimate of drug-likeness (QED) is 0.939. The predicted octanol–water partition coefficient (Wildman–Crippen LogP) is 2.50. The number of pyridine rings is 1. The largest absolute Gasteiger partial charge is 0.369 e. The van der Waals surface area contributed by atoms with E-state index >= 15 is 0 Å².